The minimum atomic E-state index is -0.279. The van der Waals surface area contributed by atoms with Crippen LogP contribution in [0.2, 0.25) is 0 Å². The standard InChI is InChI=1S/C17H19FN2O2S/c1-11-20-17(13-2-4-14(18)5-3-13)15(23-11)8-16(21)19-9-12-6-7-22-10-12/h2-5,12H,6-10H2,1H3,(H,19,21)/t12-/m0/s1. The number of aromatic nitrogens is 1. The van der Waals surface area contributed by atoms with Gasteiger partial charge in [0.1, 0.15) is 5.82 Å². The van der Waals surface area contributed by atoms with Gasteiger partial charge in [0.25, 0.3) is 0 Å². The molecule has 3 rings (SSSR count). The second-order valence-corrected chi connectivity index (χ2v) is 7.01. The van der Waals surface area contributed by atoms with E-state index in [0.29, 0.717) is 18.9 Å². The lowest BCUT2D eigenvalue weighted by atomic mass is 10.1. The molecule has 1 aliphatic heterocycles. The predicted molar refractivity (Wildman–Crippen MR) is 87.9 cm³/mol. The number of hydrogen-bond acceptors (Lipinski definition) is 4. The average molecular weight is 334 g/mol. The Morgan fingerprint density at radius 1 is 1.43 bits per heavy atom. The molecule has 122 valence electrons. The zero-order chi connectivity index (χ0) is 16.2. The maximum Gasteiger partial charge on any atom is 0.225 e. The van der Waals surface area contributed by atoms with E-state index in [0.717, 1.165) is 40.8 Å². The highest BCUT2D eigenvalue weighted by atomic mass is 32.1. The lowest BCUT2D eigenvalue weighted by Gasteiger charge is -2.09. The van der Waals surface area contributed by atoms with Gasteiger partial charge in [-0.05, 0) is 37.6 Å². The maximum atomic E-state index is 13.1. The normalized spacial score (nSPS) is 17.4. The summed E-state index contributed by atoms with van der Waals surface area (Å²) < 4.78 is 18.4. The number of carbonyl (C=O) groups excluding carboxylic acids is 1. The Hall–Kier alpha value is -1.79. The molecule has 2 aromatic rings. The van der Waals surface area contributed by atoms with Crippen LogP contribution < -0.4 is 5.32 Å². The van der Waals surface area contributed by atoms with E-state index in [1.807, 2.05) is 6.92 Å². The molecule has 1 fully saturated rings. The Bertz CT molecular complexity index is 678. The Morgan fingerprint density at radius 2 is 2.22 bits per heavy atom. The summed E-state index contributed by atoms with van der Waals surface area (Å²) in [6.07, 6.45) is 1.30. The zero-order valence-corrected chi connectivity index (χ0v) is 13.8. The summed E-state index contributed by atoms with van der Waals surface area (Å²) in [6.45, 7) is 4.07. The van der Waals surface area contributed by atoms with Crippen molar-refractivity contribution in [3.05, 3.63) is 40.0 Å². The first-order chi connectivity index (χ1) is 11.1. The number of nitrogens with one attached hydrogen (secondary N) is 1. The number of hydrogen-bond donors (Lipinski definition) is 1. The highest BCUT2D eigenvalue weighted by Crippen LogP contribution is 2.28. The van der Waals surface area contributed by atoms with Gasteiger partial charge in [-0.3, -0.25) is 4.79 Å². The molecule has 0 unspecified atom stereocenters. The lowest BCUT2D eigenvalue weighted by molar-refractivity contribution is -0.120. The van der Waals surface area contributed by atoms with Crippen LogP contribution in [0.25, 0.3) is 11.3 Å². The highest BCUT2D eigenvalue weighted by Gasteiger charge is 2.18. The SMILES string of the molecule is Cc1nc(-c2ccc(F)cc2)c(CC(=O)NC[C@@H]2CCOC2)s1. The third-order valence-electron chi connectivity index (χ3n) is 3.85. The Balaban J connectivity index is 1.67. The highest BCUT2D eigenvalue weighted by molar-refractivity contribution is 7.12. The van der Waals surface area contributed by atoms with E-state index in [1.54, 1.807) is 12.1 Å². The van der Waals surface area contributed by atoms with Crippen LogP contribution in [-0.2, 0) is 16.0 Å². The van der Waals surface area contributed by atoms with Gasteiger partial charge in [0, 0.05) is 29.5 Å². The second-order valence-electron chi connectivity index (χ2n) is 5.72. The van der Waals surface area contributed by atoms with Gasteiger partial charge in [0.05, 0.1) is 23.7 Å². The van der Waals surface area contributed by atoms with Gasteiger partial charge in [-0.1, -0.05) is 0 Å². The molecule has 6 heteroatoms. The van der Waals surface area contributed by atoms with E-state index < -0.39 is 0 Å². The number of rotatable bonds is 5. The van der Waals surface area contributed by atoms with Gasteiger partial charge in [-0.15, -0.1) is 11.3 Å². The molecule has 1 saturated heterocycles. The molecular formula is C17H19FN2O2S. The zero-order valence-electron chi connectivity index (χ0n) is 13.0. The van der Waals surface area contributed by atoms with E-state index >= 15 is 0 Å². The van der Waals surface area contributed by atoms with Gasteiger partial charge in [0.15, 0.2) is 0 Å². The van der Waals surface area contributed by atoms with Crippen LogP contribution >= 0.6 is 11.3 Å². The largest absolute Gasteiger partial charge is 0.381 e. The third-order valence-corrected chi connectivity index (χ3v) is 4.83. The smallest absolute Gasteiger partial charge is 0.225 e. The first-order valence-electron chi connectivity index (χ1n) is 7.68. The summed E-state index contributed by atoms with van der Waals surface area (Å²) in [6, 6.07) is 6.21. The van der Waals surface area contributed by atoms with Gasteiger partial charge >= 0.3 is 0 Å². The third kappa shape index (κ3) is 4.14. The topological polar surface area (TPSA) is 51.2 Å². The molecule has 0 aliphatic carbocycles. The second kappa shape index (κ2) is 7.19. The van der Waals surface area contributed by atoms with Crippen molar-refractivity contribution in [3.8, 4) is 11.3 Å². The molecule has 0 saturated carbocycles. The van der Waals surface area contributed by atoms with Crippen molar-refractivity contribution in [3.63, 3.8) is 0 Å². The minimum Gasteiger partial charge on any atom is -0.381 e. The van der Waals surface area contributed by atoms with Crippen molar-refractivity contribution in [1.29, 1.82) is 0 Å². The number of carbonyl (C=O) groups is 1. The van der Waals surface area contributed by atoms with Crippen molar-refractivity contribution < 1.29 is 13.9 Å². The summed E-state index contributed by atoms with van der Waals surface area (Å²) in [5.74, 6) is 0.126. The number of aryl methyl sites for hydroxylation is 1. The fourth-order valence-corrected chi connectivity index (χ4v) is 3.59. The lowest BCUT2D eigenvalue weighted by Crippen LogP contribution is -2.30. The number of benzene rings is 1. The van der Waals surface area contributed by atoms with Crippen LogP contribution in [0, 0.1) is 18.7 Å². The van der Waals surface area contributed by atoms with E-state index in [2.05, 4.69) is 10.3 Å². The molecule has 0 radical (unpaired) electrons. The summed E-state index contributed by atoms with van der Waals surface area (Å²) in [7, 11) is 0. The predicted octanol–water partition coefficient (Wildman–Crippen LogP) is 2.95. The van der Waals surface area contributed by atoms with Gasteiger partial charge in [0.2, 0.25) is 5.91 Å². The van der Waals surface area contributed by atoms with Crippen molar-refractivity contribution >= 4 is 17.2 Å². The van der Waals surface area contributed by atoms with E-state index in [-0.39, 0.29) is 11.7 Å². The average Bonchev–Trinajstić information content (AvgIpc) is 3.16. The summed E-state index contributed by atoms with van der Waals surface area (Å²) >= 11 is 1.51. The number of thiazole rings is 1. The molecule has 0 bridgehead atoms. The van der Waals surface area contributed by atoms with Crippen molar-refractivity contribution in [1.82, 2.24) is 10.3 Å². The molecule has 1 aliphatic rings. The monoisotopic (exact) mass is 334 g/mol. The molecule has 1 amide bonds. The number of ether oxygens (including phenoxy) is 1. The molecule has 1 aromatic heterocycles. The summed E-state index contributed by atoms with van der Waals surface area (Å²) in [4.78, 5) is 17.6. The van der Waals surface area contributed by atoms with E-state index in [9.17, 15) is 9.18 Å². The van der Waals surface area contributed by atoms with Crippen molar-refractivity contribution in [2.75, 3.05) is 19.8 Å². The van der Waals surface area contributed by atoms with Crippen molar-refractivity contribution in [2.45, 2.75) is 19.8 Å². The number of amides is 1. The maximum absolute atomic E-state index is 13.1. The Kier molecular flexibility index (Phi) is 5.03. The fourth-order valence-electron chi connectivity index (χ4n) is 2.63. The summed E-state index contributed by atoms with van der Waals surface area (Å²) in [5.41, 5.74) is 1.61. The Morgan fingerprint density at radius 3 is 2.91 bits per heavy atom. The van der Waals surface area contributed by atoms with Crippen molar-refractivity contribution in [2.24, 2.45) is 5.92 Å². The van der Waals surface area contributed by atoms with Crippen LogP contribution in [0.3, 0.4) is 0 Å². The Labute approximate surface area is 138 Å². The molecule has 1 N–H and O–H groups in total. The fraction of sp³-hybridized carbons (Fsp3) is 0.412. The quantitative estimate of drug-likeness (QED) is 0.915. The first-order valence-corrected chi connectivity index (χ1v) is 8.50. The molecule has 23 heavy (non-hydrogen) atoms. The molecule has 2 heterocycles. The first kappa shape index (κ1) is 16.1. The van der Waals surface area contributed by atoms with Crippen LogP contribution in [0.5, 0.6) is 0 Å². The van der Waals surface area contributed by atoms with E-state index in [4.69, 9.17) is 4.74 Å². The van der Waals surface area contributed by atoms with Crippen LogP contribution in [0.15, 0.2) is 24.3 Å². The molecular weight excluding hydrogens is 315 g/mol. The molecule has 1 atom stereocenters. The van der Waals surface area contributed by atoms with Gasteiger partial charge in [-0.25, -0.2) is 9.37 Å². The van der Waals surface area contributed by atoms with Gasteiger partial charge < -0.3 is 10.1 Å². The van der Waals surface area contributed by atoms with Crippen LogP contribution in [-0.4, -0.2) is 30.6 Å². The molecule has 0 spiro atoms. The van der Waals surface area contributed by atoms with Crippen LogP contribution in [0.1, 0.15) is 16.3 Å². The number of halogens is 1. The summed E-state index contributed by atoms with van der Waals surface area (Å²) in [5, 5.41) is 3.87. The van der Waals surface area contributed by atoms with Crippen LogP contribution in [0.4, 0.5) is 4.39 Å². The minimum absolute atomic E-state index is 0.0103. The van der Waals surface area contributed by atoms with E-state index in [1.165, 1.54) is 23.5 Å². The molecule has 1 aromatic carbocycles. The molecule has 4 nitrogen and oxygen atoms in total. The van der Waals surface area contributed by atoms with Gasteiger partial charge in [-0.2, -0.15) is 0 Å². The number of nitrogens with zero attached hydrogens (tertiary/aromatic N) is 1.